The van der Waals surface area contributed by atoms with Gasteiger partial charge in [0.05, 0.1) is 0 Å². The molecule has 1 atom stereocenters. The van der Waals surface area contributed by atoms with Crippen LogP contribution in [0.3, 0.4) is 0 Å². The minimum atomic E-state index is 0.217. The van der Waals surface area contributed by atoms with Crippen molar-refractivity contribution in [3.8, 4) is 0 Å². The Labute approximate surface area is 121 Å². The van der Waals surface area contributed by atoms with E-state index in [0.717, 1.165) is 31.5 Å². The molecule has 1 aromatic rings. The molecule has 0 saturated carbocycles. The van der Waals surface area contributed by atoms with Crippen molar-refractivity contribution in [3.05, 3.63) is 35.9 Å². The van der Waals surface area contributed by atoms with Crippen molar-refractivity contribution < 1.29 is 4.79 Å². The number of carbonyl (C=O) groups excluding carboxylic acids is 1. The van der Waals surface area contributed by atoms with Gasteiger partial charge in [-0.15, -0.1) is 0 Å². The van der Waals surface area contributed by atoms with Crippen LogP contribution in [0.1, 0.15) is 42.5 Å². The summed E-state index contributed by atoms with van der Waals surface area (Å²) >= 11 is 0. The first kappa shape index (κ1) is 13.6. The Bertz CT molecular complexity index is 440. The average molecular weight is 272 g/mol. The summed E-state index contributed by atoms with van der Waals surface area (Å²) in [6.45, 7) is 4.42. The molecule has 0 aromatic heterocycles. The molecule has 0 unspecified atom stereocenters. The Hall–Kier alpha value is -1.35. The lowest BCUT2D eigenvalue weighted by Gasteiger charge is -2.38. The van der Waals surface area contributed by atoms with E-state index in [2.05, 4.69) is 9.80 Å². The molecule has 3 rings (SSSR count). The highest BCUT2D eigenvalue weighted by molar-refractivity contribution is 5.94. The number of nitrogens with zero attached hydrogens (tertiary/aromatic N) is 2. The van der Waals surface area contributed by atoms with Crippen molar-refractivity contribution in [2.45, 2.75) is 38.1 Å². The van der Waals surface area contributed by atoms with E-state index in [1.54, 1.807) is 0 Å². The Morgan fingerprint density at radius 1 is 1.00 bits per heavy atom. The Morgan fingerprint density at radius 2 is 1.70 bits per heavy atom. The van der Waals surface area contributed by atoms with E-state index in [0.29, 0.717) is 6.04 Å². The van der Waals surface area contributed by atoms with Crippen LogP contribution in [0.15, 0.2) is 30.3 Å². The minimum Gasteiger partial charge on any atom is -0.334 e. The van der Waals surface area contributed by atoms with Crippen LogP contribution < -0.4 is 0 Å². The van der Waals surface area contributed by atoms with Crippen LogP contribution in [-0.4, -0.2) is 47.9 Å². The van der Waals surface area contributed by atoms with Crippen LogP contribution in [0.25, 0.3) is 0 Å². The highest BCUT2D eigenvalue weighted by Gasteiger charge is 2.29. The molecule has 2 aliphatic heterocycles. The van der Waals surface area contributed by atoms with Crippen molar-refractivity contribution in [1.82, 2.24) is 9.80 Å². The molecule has 20 heavy (non-hydrogen) atoms. The van der Waals surface area contributed by atoms with E-state index in [1.807, 2.05) is 30.3 Å². The first-order valence-corrected chi connectivity index (χ1v) is 7.93. The lowest BCUT2D eigenvalue weighted by molar-refractivity contribution is 0.0560. The lowest BCUT2D eigenvalue weighted by Crippen LogP contribution is -2.49. The van der Waals surface area contributed by atoms with E-state index in [-0.39, 0.29) is 5.91 Å². The predicted molar refractivity (Wildman–Crippen MR) is 80.8 cm³/mol. The summed E-state index contributed by atoms with van der Waals surface area (Å²) in [5, 5.41) is 0. The van der Waals surface area contributed by atoms with Crippen molar-refractivity contribution >= 4 is 5.91 Å². The average Bonchev–Trinajstić information content (AvgIpc) is 3.01. The first-order chi connectivity index (χ1) is 9.84. The number of carbonyl (C=O) groups is 1. The molecule has 2 saturated heterocycles. The molecule has 3 nitrogen and oxygen atoms in total. The third-order valence-corrected chi connectivity index (χ3v) is 4.58. The molecule has 0 bridgehead atoms. The number of piperidine rings is 1. The van der Waals surface area contributed by atoms with Gasteiger partial charge >= 0.3 is 0 Å². The summed E-state index contributed by atoms with van der Waals surface area (Å²) < 4.78 is 0. The van der Waals surface area contributed by atoms with Crippen LogP contribution in [-0.2, 0) is 0 Å². The standard InChI is InChI=1S/C17H24N2O/c20-17(15-8-2-1-3-9-15)19-13-5-4-10-16(19)14-18-11-6-7-12-18/h1-3,8-9,16H,4-7,10-14H2/t16-/m0/s1. The molecule has 2 fully saturated rings. The van der Waals surface area contributed by atoms with E-state index >= 15 is 0 Å². The molecule has 2 aliphatic rings. The molecule has 1 aromatic carbocycles. The van der Waals surface area contributed by atoms with Crippen LogP contribution in [0, 0.1) is 0 Å². The fourth-order valence-electron chi connectivity index (χ4n) is 3.47. The maximum Gasteiger partial charge on any atom is 0.254 e. The van der Waals surface area contributed by atoms with Crippen LogP contribution in [0.4, 0.5) is 0 Å². The molecule has 0 aliphatic carbocycles. The summed E-state index contributed by atoms with van der Waals surface area (Å²) in [6, 6.07) is 10.1. The predicted octanol–water partition coefficient (Wildman–Crippen LogP) is 2.78. The summed E-state index contributed by atoms with van der Waals surface area (Å²) in [5.41, 5.74) is 0.834. The number of amides is 1. The van der Waals surface area contributed by atoms with Crippen LogP contribution in [0.2, 0.25) is 0 Å². The summed E-state index contributed by atoms with van der Waals surface area (Å²) in [6.07, 6.45) is 6.21. The third kappa shape index (κ3) is 3.04. The second-order valence-corrected chi connectivity index (χ2v) is 6.02. The molecule has 3 heteroatoms. The van der Waals surface area contributed by atoms with Gasteiger partial charge in [-0.25, -0.2) is 0 Å². The van der Waals surface area contributed by atoms with Gasteiger partial charge in [-0.3, -0.25) is 4.79 Å². The zero-order valence-corrected chi connectivity index (χ0v) is 12.1. The van der Waals surface area contributed by atoms with Gasteiger partial charge in [0.15, 0.2) is 0 Å². The Balaban J connectivity index is 1.69. The summed E-state index contributed by atoms with van der Waals surface area (Å²) in [5.74, 6) is 0.217. The fourth-order valence-corrected chi connectivity index (χ4v) is 3.47. The SMILES string of the molecule is O=C(c1ccccc1)N1CCCC[C@H]1CN1CCCC1. The monoisotopic (exact) mass is 272 g/mol. The topological polar surface area (TPSA) is 23.6 Å². The van der Waals surface area contributed by atoms with Crippen LogP contribution in [0.5, 0.6) is 0 Å². The Kier molecular flexibility index (Phi) is 4.36. The summed E-state index contributed by atoms with van der Waals surface area (Å²) in [7, 11) is 0. The molecule has 1 amide bonds. The maximum atomic E-state index is 12.7. The van der Waals surface area contributed by atoms with Gasteiger partial charge in [0, 0.05) is 24.7 Å². The molecule has 0 N–H and O–H groups in total. The van der Waals surface area contributed by atoms with Crippen molar-refractivity contribution in [1.29, 1.82) is 0 Å². The normalized spacial score (nSPS) is 24.0. The third-order valence-electron chi connectivity index (χ3n) is 4.58. The van der Waals surface area contributed by atoms with E-state index in [9.17, 15) is 4.79 Å². The van der Waals surface area contributed by atoms with E-state index < -0.39 is 0 Å². The van der Waals surface area contributed by atoms with Crippen molar-refractivity contribution in [2.75, 3.05) is 26.2 Å². The van der Waals surface area contributed by atoms with Gasteiger partial charge in [0.1, 0.15) is 0 Å². The van der Waals surface area contributed by atoms with Gasteiger partial charge in [-0.1, -0.05) is 18.2 Å². The second-order valence-electron chi connectivity index (χ2n) is 6.02. The quantitative estimate of drug-likeness (QED) is 0.844. The first-order valence-electron chi connectivity index (χ1n) is 7.93. The maximum absolute atomic E-state index is 12.7. The zero-order valence-electron chi connectivity index (χ0n) is 12.1. The largest absolute Gasteiger partial charge is 0.334 e. The second kappa shape index (κ2) is 6.40. The molecule has 0 spiro atoms. The van der Waals surface area contributed by atoms with Gasteiger partial charge in [0.2, 0.25) is 0 Å². The van der Waals surface area contributed by atoms with Crippen molar-refractivity contribution in [3.63, 3.8) is 0 Å². The van der Waals surface area contributed by atoms with Gasteiger partial charge in [-0.2, -0.15) is 0 Å². The van der Waals surface area contributed by atoms with Crippen LogP contribution >= 0.6 is 0 Å². The fraction of sp³-hybridized carbons (Fsp3) is 0.588. The van der Waals surface area contributed by atoms with Gasteiger partial charge in [0.25, 0.3) is 5.91 Å². The smallest absolute Gasteiger partial charge is 0.254 e. The highest BCUT2D eigenvalue weighted by atomic mass is 16.2. The number of hydrogen-bond acceptors (Lipinski definition) is 2. The molecule has 2 heterocycles. The number of benzene rings is 1. The number of rotatable bonds is 3. The van der Waals surface area contributed by atoms with E-state index in [1.165, 1.54) is 32.4 Å². The van der Waals surface area contributed by atoms with Crippen molar-refractivity contribution in [2.24, 2.45) is 0 Å². The highest BCUT2D eigenvalue weighted by Crippen LogP contribution is 2.22. The summed E-state index contributed by atoms with van der Waals surface area (Å²) in [4.78, 5) is 17.3. The van der Waals surface area contributed by atoms with E-state index in [4.69, 9.17) is 0 Å². The number of hydrogen-bond donors (Lipinski definition) is 0. The van der Waals surface area contributed by atoms with Gasteiger partial charge in [-0.05, 0) is 57.3 Å². The molecular formula is C17H24N2O. The minimum absolute atomic E-state index is 0.217. The number of likely N-dealkylation sites (tertiary alicyclic amines) is 2. The molecular weight excluding hydrogens is 248 g/mol. The molecule has 0 radical (unpaired) electrons. The lowest BCUT2D eigenvalue weighted by atomic mass is 10.00. The van der Waals surface area contributed by atoms with Gasteiger partial charge < -0.3 is 9.80 Å². The Morgan fingerprint density at radius 3 is 2.45 bits per heavy atom. The molecule has 108 valence electrons. The zero-order chi connectivity index (χ0) is 13.8.